The molecule has 0 aromatic rings. The molecule has 0 rings (SSSR count). The highest BCUT2D eigenvalue weighted by molar-refractivity contribution is 7.99. The lowest BCUT2D eigenvalue weighted by Gasteiger charge is -2.28. The Hall–Kier alpha value is 0.187. The van der Waals surface area contributed by atoms with E-state index < -0.39 is 8.80 Å². The van der Waals surface area contributed by atoms with Crippen molar-refractivity contribution in [2.45, 2.75) is 40.2 Å². The van der Waals surface area contributed by atoms with Crippen LogP contribution in [0.2, 0.25) is 6.04 Å². The minimum Gasteiger partial charge on any atom is -0.374 e. The molecule has 0 fully saturated rings. The van der Waals surface area contributed by atoms with E-state index in [1.165, 1.54) is 5.57 Å². The molecule has 0 aromatic carbocycles. The zero-order chi connectivity index (χ0) is 13.9. The van der Waals surface area contributed by atoms with Crippen molar-refractivity contribution in [1.29, 1.82) is 0 Å². The van der Waals surface area contributed by atoms with Crippen LogP contribution in [0.4, 0.5) is 0 Å². The van der Waals surface area contributed by atoms with Gasteiger partial charge >= 0.3 is 8.80 Å². The van der Waals surface area contributed by atoms with Crippen LogP contribution in [0, 0.1) is 0 Å². The molecular formula is C13H28O3SSi. The predicted molar refractivity (Wildman–Crippen MR) is 82.2 cm³/mol. The Morgan fingerprint density at radius 2 is 1.56 bits per heavy atom. The van der Waals surface area contributed by atoms with Crippen molar-refractivity contribution in [3.05, 3.63) is 12.2 Å². The smallest absolute Gasteiger partial charge is 0.374 e. The predicted octanol–water partition coefficient (Wildman–Crippen LogP) is 3.73. The average molecular weight is 293 g/mol. The molecule has 0 saturated heterocycles. The average Bonchev–Trinajstić information content (AvgIpc) is 2.29. The van der Waals surface area contributed by atoms with Gasteiger partial charge in [0.15, 0.2) is 0 Å². The first-order chi connectivity index (χ1) is 8.60. The van der Waals surface area contributed by atoms with Crippen LogP contribution >= 0.6 is 11.8 Å². The molecule has 0 unspecified atom stereocenters. The maximum atomic E-state index is 5.81. The number of hydrogen-bond donors (Lipinski definition) is 0. The Balaban J connectivity index is 4.08. The molecule has 0 aliphatic heterocycles. The summed E-state index contributed by atoms with van der Waals surface area (Å²) in [5.74, 6) is 2.14. The van der Waals surface area contributed by atoms with Crippen LogP contribution in [-0.4, -0.2) is 40.1 Å². The van der Waals surface area contributed by atoms with E-state index in [0.29, 0.717) is 19.8 Å². The van der Waals surface area contributed by atoms with Gasteiger partial charge in [-0.1, -0.05) is 12.2 Å². The van der Waals surface area contributed by atoms with Crippen molar-refractivity contribution in [1.82, 2.24) is 0 Å². The lowest BCUT2D eigenvalue weighted by atomic mass is 10.4. The Morgan fingerprint density at radius 3 is 1.94 bits per heavy atom. The molecule has 0 radical (unpaired) electrons. The molecule has 0 spiro atoms. The number of hydrogen-bond acceptors (Lipinski definition) is 4. The molecule has 0 N–H and O–H groups in total. The Bertz CT molecular complexity index is 207. The zero-order valence-electron chi connectivity index (χ0n) is 12.3. The summed E-state index contributed by atoms with van der Waals surface area (Å²) in [4.78, 5) is 0. The Morgan fingerprint density at radius 1 is 1.06 bits per heavy atom. The summed E-state index contributed by atoms with van der Waals surface area (Å²) in [6, 6.07) is 0.908. The van der Waals surface area contributed by atoms with Crippen LogP contribution in [0.1, 0.15) is 34.1 Å². The second-order valence-corrected chi connectivity index (χ2v) is 7.93. The highest BCUT2D eigenvalue weighted by Crippen LogP contribution is 2.20. The molecule has 0 heterocycles. The second kappa shape index (κ2) is 11.1. The van der Waals surface area contributed by atoms with Crippen molar-refractivity contribution in [2.75, 3.05) is 31.3 Å². The zero-order valence-corrected chi connectivity index (χ0v) is 14.1. The van der Waals surface area contributed by atoms with Gasteiger partial charge in [0, 0.05) is 31.6 Å². The summed E-state index contributed by atoms with van der Waals surface area (Å²) in [5.41, 5.74) is 1.22. The van der Waals surface area contributed by atoms with Gasteiger partial charge in [0.25, 0.3) is 0 Å². The molecule has 0 atom stereocenters. The van der Waals surface area contributed by atoms with E-state index >= 15 is 0 Å². The Labute approximate surface area is 118 Å². The summed E-state index contributed by atoms with van der Waals surface area (Å²) in [6.07, 6.45) is 1.07. The summed E-state index contributed by atoms with van der Waals surface area (Å²) in [7, 11) is -2.41. The summed E-state index contributed by atoms with van der Waals surface area (Å²) >= 11 is 1.91. The molecule has 5 heteroatoms. The van der Waals surface area contributed by atoms with Gasteiger partial charge in [-0.2, -0.15) is 11.8 Å². The van der Waals surface area contributed by atoms with Crippen LogP contribution in [0.3, 0.4) is 0 Å². The lowest BCUT2D eigenvalue weighted by Crippen LogP contribution is -2.46. The van der Waals surface area contributed by atoms with Gasteiger partial charge in [-0.3, -0.25) is 0 Å². The third-order valence-corrected chi connectivity index (χ3v) is 6.64. The fourth-order valence-electron chi connectivity index (χ4n) is 1.64. The standard InChI is InChI=1S/C13H28O3SSi/c1-6-14-18(15-7-2,16-8-3)11-9-10-17-12-13(4)5/h4,6-12H2,1-3,5H3. The van der Waals surface area contributed by atoms with E-state index in [4.69, 9.17) is 13.3 Å². The minimum atomic E-state index is -2.41. The summed E-state index contributed by atoms with van der Waals surface area (Å²) in [5, 5.41) is 0. The first-order valence-corrected chi connectivity index (χ1v) is 9.82. The normalized spacial score (nSPS) is 11.8. The largest absolute Gasteiger partial charge is 0.500 e. The van der Waals surface area contributed by atoms with Gasteiger partial charge in [0.2, 0.25) is 0 Å². The van der Waals surface area contributed by atoms with E-state index in [1.807, 2.05) is 32.5 Å². The fourth-order valence-corrected chi connectivity index (χ4v) is 5.35. The van der Waals surface area contributed by atoms with Gasteiger partial charge in [0.1, 0.15) is 0 Å². The summed E-state index contributed by atoms with van der Waals surface area (Å²) in [6.45, 7) is 13.9. The fraction of sp³-hybridized carbons (Fsp3) is 0.846. The lowest BCUT2D eigenvalue weighted by molar-refractivity contribution is 0.0712. The number of rotatable bonds is 12. The minimum absolute atomic E-state index is 0.658. The maximum Gasteiger partial charge on any atom is 0.500 e. The first kappa shape index (κ1) is 18.2. The molecule has 0 aromatic heterocycles. The SMILES string of the molecule is C=C(C)CSCCC[Si](OCC)(OCC)OCC. The van der Waals surface area contributed by atoms with Crippen LogP contribution in [0.25, 0.3) is 0 Å². The van der Waals surface area contributed by atoms with Gasteiger partial charge in [-0.05, 0) is 39.9 Å². The van der Waals surface area contributed by atoms with Crippen LogP contribution in [0.5, 0.6) is 0 Å². The topological polar surface area (TPSA) is 27.7 Å². The van der Waals surface area contributed by atoms with Gasteiger partial charge in [0.05, 0.1) is 0 Å². The maximum absolute atomic E-state index is 5.81. The molecular weight excluding hydrogens is 264 g/mol. The third-order valence-electron chi connectivity index (χ3n) is 2.21. The van der Waals surface area contributed by atoms with Crippen molar-refractivity contribution in [3.8, 4) is 0 Å². The molecule has 108 valence electrons. The van der Waals surface area contributed by atoms with E-state index in [2.05, 4.69) is 13.5 Å². The van der Waals surface area contributed by atoms with E-state index in [1.54, 1.807) is 0 Å². The molecule has 0 amide bonds. The monoisotopic (exact) mass is 292 g/mol. The van der Waals surface area contributed by atoms with Gasteiger partial charge < -0.3 is 13.3 Å². The quantitative estimate of drug-likeness (QED) is 0.311. The van der Waals surface area contributed by atoms with Crippen molar-refractivity contribution >= 4 is 20.6 Å². The van der Waals surface area contributed by atoms with Crippen LogP contribution < -0.4 is 0 Å². The Kier molecular flexibility index (Phi) is 11.2. The van der Waals surface area contributed by atoms with Gasteiger partial charge in [-0.15, -0.1) is 0 Å². The molecule has 0 saturated carbocycles. The molecule has 18 heavy (non-hydrogen) atoms. The van der Waals surface area contributed by atoms with Crippen molar-refractivity contribution < 1.29 is 13.3 Å². The molecule has 0 aliphatic rings. The first-order valence-electron chi connectivity index (χ1n) is 6.74. The second-order valence-electron chi connectivity index (χ2n) is 4.10. The van der Waals surface area contributed by atoms with E-state index in [-0.39, 0.29) is 0 Å². The molecule has 0 bridgehead atoms. The van der Waals surface area contributed by atoms with Crippen molar-refractivity contribution in [3.63, 3.8) is 0 Å². The van der Waals surface area contributed by atoms with Crippen LogP contribution in [-0.2, 0) is 13.3 Å². The van der Waals surface area contributed by atoms with E-state index in [0.717, 1.165) is 24.0 Å². The molecule has 3 nitrogen and oxygen atoms in total. The molecule has 0 aliphatic carbocycles. The summed E-state index contributed by atoms with van der Waals surface area (Å²) < 4.78 is 17.4. The highest BCUT2D eigenvalue weighted by Gasteiger charge is 2.39. The number of thioether (sulfide) groups is 1. The van der Waals surface area contributed by atoms with Crippen molar-refractivity contribution in [2.24, 2.45) is 0 Å². The van der Waals surface area contributed by atoms with Gasteiger partial charge in [-0.25, -0.2) is 0 Å². The third kappa shape index (κ3) is 8.32. The highest BCUT2D eigenvalue weighted by atomic mass is 32.2. The van der Waals surface area contributed by atoms with E-state index in [9.17, 15) is 0 Å². The van der Waals surface area contributed by atoms with Crippen LogP contribution in [0.15, 0.2) is 12.2 Å².